The van der Waals surface area contributed by atoms with Gasteiger partial charge in [-0.2, -0.15) is 0 Å². The number of carbonyl (C=O) groups is 2. The van der Waals surface area contributed by atoms with Crippen molar-refractivity contribution in [1.82, 2.24) is 15.2 Å². The van der Waals surface area contributed by atoms with Crippen molar-refractivity contribution in [3.63, 3.8) is 0 Å². The smallest absolute Gasteiger partial charge is 0.301 e. The van der Waals surface area contributed by atoms with E-state index in [0.29, 0.717) is 18.7 Å². The summed E-state index contributed by atoms with van der Waals surface area (Å²) in [5.74, 6) is 4.84. The molecule has 7 heteroatoms. The quantitative estimate of drug-likeness (QED) is 0.423. The van der Waals surface area contributed by atoms with Gasteiger partial charge in [-0.25, -0.2) is 5.84 Å². The first-order valence-electron chi connectivity index (χ1n) is 6.49. The monoisotopic (exact) mass is 282 g/mol. The number of likely N-dealkylation sites (N-methyl/N-ethyl adjacent to an activating group) is 1. The Hall–Kier alpha value is -1.86. The standard InChI is InChI=1S/C13H22N4O3/c1-4-6-17(9-11(18)16(2)3)8-10-5-7-20-12(10)13(19)15-14/h5,7H,4,6,8-9,14H2,1-3H3,(H,15,19). The molecule has 20 heavy (non-hydrogen) atoms. The first-order chi connectivity index (χ1) is 9.49. The average Bonchev–Trinajstić information content (AvgIpc) is 2.86. The topological polar surface area (TPSA) is 91.8 Å². The van der Waals surface area contributed by atoms with Crippen molar-refractivity contribution in [2.45, 2.75) is 19.9 Å². The van der Waals surface area contributed by atoms with Gasteiger partial charge in [0.1, 0.15) is 0 Å². The van der Waals surface area contributed by atoms with Crippen LogP contribution in [0.5, 0.6) is 0 Å². The van der Waals surface area contributed by atoms with E-state index in [-0.39, 0.29) is 11.7 Å². The van der Waals surface area contributed by atoms with E-state index < -0.39 is 5.91 Å². The summed E-state index contributed by atoms with van der Waals surface area (Å²) >= 11 is 0. The van der Waals surface area contributed by atoms with Crippen molar-refractivity contribution < 1.29 is 14.0 Å². The van der Waals surface area contributed by atoms with Crippen LogP contribution >= 0.6 is 0 Å². The van der Waals surface area contributed by atoms with E-state index in [9.17, 15) is 9.59 Å². The van der Waals surface area contributed by atoms with Gasteiger partial charge >= 0.3 is 5.91 Å². The molecule has 0 radical (unpaired) electrons. The second-order valence-corrected chi connectivity index (χ2v) is 4.75. The van der Waals surface area contributed by atoms with Crippen molar-refractivity contribution in [3.8, 4) is 0 Å². The number of hydrogen-bond donors (Lipinski definition) is 2. The molecule has 2 amide bonds. The molecule has 0 unspecified atom stereocenters. The third-order valence-electron chi connectivity index (χ3n) is 2.88. The minimum Gasteiger partial charge on any atom is -0.459 e. The molecule has 3 N–H and O–H groups in total. The van der Waals surface area contributed by atoms with Crippen LogP contribution in [-0.4, -0.2) is 48.8 Å². The van der Waals surface area contributed by atoms with Crippen LogP contribution in [0.3, 0.4) is 0 Å². The van der Waals surface area contributed by atoms with Gasteiger partial charge in [0, 0.05) is 26.2 Å². The zero-order chi connectivity index (χ0) is 15.1. The predicted octanol–water partition coefficient (Wildman–Crippen LogP) is 0.183. The SMILES string of the molecule is CCCN(CC(=O)N(C)C)Cc1ccoc1C(=O)NN. The summed E-state index contributed by atoms with van der Waals surface area (Å²) in [5, 5.41) is 0. The maximum atomic E-state index is 11.8. The fourth-order valence-electron chi connectivity index (χ4n) is 1.83. The molecule has 0 aliphatic heterocycles. The largest absolute Gasteiger partial charge is 0.459 e. The van der Waals surface area contributed by atoms with Crippen molar-refractivity contribution in [3.05, 3.63) is 23.7 Å². The van der Waals surface area contributed by atoms with Crippen molar-refractivity contribution >= 4 is 11.8 Å². The number of hydrazine groups is 1. The second-order valence-electron chi connectivity index (χ2n) is 4.75. The van der Waals surface area contributed by atoms with E-state index in [4.69, 9.17) is 10.3 Å². The fourth-order valence-corrected chi connectivity index (χ4v) is 1.83. The van der Waals surface area contributed by atoms with E-state index in [0.717, 1.165) is 13.0 Å². The van der Waals surface area contributed by atoms with E-state index in [2.05, 4.69) is 0 Å². The van der Waals surface area contributed by atoms with Crippen LogP contribution in [0.25, 0.3) is 0 Å². The molecule has 7 nitrogen and oxygen atoms in total. The van der Waals surface area contributed by atoms with Crippen molar-refractivity contribution in [2.24, 2.45) is 5.84 Å². The van der Waals surface area contributed by atoms with E-state index in [1.54, 1.807) is 25.1 Å². The number of nitrogens with zero attached hydrogens (tertiary/aromatic N) is 2. The molecular weight excluding hydrogens is 260 g/mol. The number of nitrogen functional groups attached to an aromatic ring is 1. The first-order valence-corrected chi connectivity index (χ1v) is 6.49. The molecule has 0 atom stereocenters. The summed E-state index contributed by atoms with van der Waals surface area (Å²) in [6.07, 6.45) is 2.36. The number of nitrogens with one attached hydrogen (secondary N) is 1. The Morgan fingerprint density at radius 3 is 2.65 bits per heavy atom. The van der Waals surface area contributed by atoms with Gasteiger partial charge in [-0.3, -0.25) is 19.9 Å². The highest BCUT2D eigenvalue weighted by Crippen LogP contribution is 2.13. The van der Waals surface area contributed by atoms with Crippen LogP contribution in [0.1, 0.15) is 29.5 Å². The highest BCUT2D eigenvalue weighted by molar-refractivity contribution is 5.92. The van der Waals surface area contributed by atoms with Gasteiger partial charge in [-0.15, -0.1) is 0 Å². The number of furan rings is 1. The molecule has 0 bridgehead atoms. The average molecular weight is 282 g/mol. The Bertz CT molecular complexity index is 456. The number of hydrogen-bond acceptors (Lipinski definition) is 5. The molecule has 112 valence electrons. The van der Waals surface area contributed by atoms with Crippen LogP contribution in [0.15, 0.2) is 16.7 Å². The Labute approximate surface area is 118 Å². The second kappa shape index (κ2) is 7.66. The summed E-state index contributed by atoms with van der Waals surface area (Å²) in [7, 11) is 3.44. The lowest BCUT2D eigenvalue weighted by atomic mass is 10.2. The predicted molar refractivity (Wildman–Crippen MR) is 74.6 cm³/mol. The van der Waals surface area contributed by atoms with Crippen LogP contribution in [0.2, 0.25) is 0 Å². The van der Waals surface area contributed by atoms with Gasteiger partial charge in [0.15, 0.2) is 5.76 Å². The molecule has 0 aromatic carbocycles. The molecule has 1 aromatic heterocycles. The van der Waals surface area contributed by atoms with Gasteiger partial charge in [0.2, 0.25) is 5.91 Å². The summed E-state index contributed by atoms with van der Waals surface area (Å²) < 4.78 is 5.13. The molecular formula is C13H22N4O3. The van der Waals surface area contributed by atoms with Gasteiger partial charge in [0.05, 0.1) is 12.8 Å². The summed E-state index contributed by atoms with van der Waals surface area (Å²) in [6.45, 7) is 3.56. The van der Waals surface area contributed by atoms with Gasteiger partial charge in [0.25, 0.3) is 0 Å². The molecule has 1 aromatic rings. The van der Waals surface area contributed by atoms with Gasteiger partial charge in [-0.1, -0.05) is 6.92 Å². The zero-order valence-electron chi connectivity index (χ0n) is 12.2. The van der Waals surface area contributed by atoms with E-state index in [1.807, 2.05) is 17.2 Å². The molecule has 0 saturated carbocycles. The van der Waals surface area contributed by atoms with E-state index in [1.165, 1.54) is 6.26 Å². The Balaban J connectivity index is 2.78. The number of amides is 2. The van der Waals surface area contributed by atoms with E-state index >= 15 is 0 Å². The van der Waals surface area contributed by atoms with Crippen LogP contribution in [0, 0.1) is 0 Å². The van der Waals surface area contributed by atoms with Gasteiger partial charge < -0.3 is 9.32 Å². The lowest BCUT2D eigenvalue weighted by Crippen LogP contribution is -2.37. The molecule has 1 rings (SSSR count). The normalized spacial score (nSPS) is 10.7. The summed E-state index contributed by atoms with van der Waals surface area (Å²) in [6, 6.07) is 1.72. The molecule has 1 heterocycles. The Kier molecular flexibility index (Phi) is 6.20. The van der Waals surface area contributed by atoms with Crippen LogP contribution in [0.4, 0.5) is 0 Å². The summed E-state index contributed by atoms with van der Waals surface area (Å²) in [5.41, 5.74) is 2.76. The third kappa shape index (κ3) is 4.36. The lowest BCUT2D eigenvalue weighted by molar-refractivity contribution is -0.130. The van der Waals surface area contributed by atoms with Crippen LogP contribution in [-0.2, 0) is 11.3 Å². The van der Waals surface area contributed by atoms with Crippen molar-refractivity contribution in [1.29, 1.82) is 0 Å². The number of rotatable bonds is 7. The maximum absolute atomic E-state index is 11.8. The Morgan fingerprint density at radius 2 is 2.10 bits per heavy atom. The van der Waals surface area contributed by atoms with Crippen LogP contribution < -0.4 is 11.3 Å². The molecule has 0 aliphatic carbocycles. The molecule has 0 spiro atoms. The Morgan fingerprint density at radius 1 is 1.40 bits per heavy atom. The lowest BCUT2D eigenvalue weighted by Gasteiger charge is -2.22. The molecule has 0 fully saturated rings. The number of nitrogens with two attached hydrogens (primary N) is 1. The third-order valence-corrected chi connectivity index (χ3v) is 2.88. The minimum atomic E-state index is -0.472. The molecule has 0 aliphatic rings. The maximum Gasteiger partial charge on any atom is 0.301 e. The zero-order valence-corrected chi connectivity index (χ0v) is 12.2. The highest BCUT2D eigenvalue weighted by atomic mass is 16.3. The van der Waals surface area contributed by atoms with Crippen molar-refractivity contribution in [2.75, 3.05) is 27.2 Å². The minimum absolute atomic E-state index is 0.0202. The highest BCUT2D eigenvalue weighted by Gasteiger charge is 2.18. The summed E-state index contributed by atoms with van der Waals surface area (Å²) in [4.78, 5) is 26.9. The number of carbonyl (C=O) groups excluding carboxylic acids is 2. The molecule has 0 saturated heterocycles. The fraction of sp³-hybridized carbons (Fsp3) is 0.538. The first kappa shape index (κ1) is 16.2. The van der Waals surface area contributed by atoms with Gasteiger partial charge in [-0.05, 0) is 19.0 Å².